The zero-order valence-corrected chi connectivity index (χ0v) is 15.0. The van der Waals surface area contributed by atoms with Gasteiger partial charge in [0.05, 0.1) is 12.5 Å². The maximum atomic E-state index is 12.3. The number of amides is 1. The Hall–Kier alpha value is -2.28. The van der Waals surface area contributed by atoms with Gasteiger partial charge in [-0.2, -0.15) is 5.26 Å². The van der Waals surface area contributed by atoms with Crippen molar-refractivity contribution in [1.82, 2.24) is 4.90 Å². The van der Waals surface area contributed by atoms with Crippen molar-refractivity contribution in [3.05, 3.63) is 41.5 Å². The van der Waals surface area contributed by atoms with Gasteiger partial charge in [0, 0.05) is 12.6 Å². The second kappa shape index (κ2) is 7.53. The fourth-order valence-electron chi connectivity index (χ4n) is 3.06. The third-order valence-corrected chi connectivity index (χ3v) is 4.16. The van der Waals surface area contributed by atoms with E-state index in [0.717, 1.165) is 24.0 Å². The number of carbonyl (C=O) groups excluding carboxylic acids is 1. The van der Waals surface area contributed by atoms with Crippen LogP contribution in [0, 0.1) is 11.3 Å². The number of allylic oxidation sites excluding steroid dienone is 1. The van der Waals surface area contributed by atoms with Crippen molar-refractivity contribution in [3.63, 3.8) is 0 Å². The molecular formula is C20H26N2O2. The molecule has 1 heterocycles. The lowest BCUT2D eigenvalue weighted by molar-refractivity contribution is 0.0152. The van der Waals surface area contributed by atoms with E-state index in [9.17, 15) is 10.1 Å². The van der Waals surface area contributed by atoms with Crippen LogP contribution < -0.4 is 0 Å². The van der Waals surface area contributed by atoms with Gasteiger partial charge < -0.3 is 9.64 Å². The maximum absolute atomic E-state index is 12.3. The van der Waals surface area contributed by atoms with Gasteiger partial charge >= 0.3 is 6.09 Å². The highest BCUT2D eigenvalue weighted by Gasteiger charge is 2.30. The number of nitrogens with zero attached hydrogens (tertiary/aromatic N) is 2. The molecule has 1 fully saturated rings. The summed E-state index contributed by atoms with van der Waals surface area (Å²) in [4.78, 5) is 14.1. The molecule has 0 bridgehead atoms. The van der Waals surface area contributed by atoms with Crippen LogP contribution in [0.5, 0.6) is 0 Å². The van der Waals surface area contributed by atoms with E-state index < -0.39 is 5.60 Å². The molecule has 1 atom stereocenters. The van der Waals surface area contributed by atoms with Gasteiger partial charge in [0.2, 0.25) is 0 Å². The van der Waals surface area contributed by atoms with E-state index >= 15 is 0 Å². The van der Waals surface area contributed by atoms with Crippen molar-refractivity contribution >= 4 is 11.7 Å². The fraction of sp³-hybridized carbons (Fsp3) is 0.500. The van der Waals surface area contributed by atoms with Gasteiger partial charge in [-0.15, -0.1) is 0 Å². The van der Waals surface area contributed by atoms with Crippen LogP contribution in [0.25, 0.3) is 5.57 Å². The molecule has 1 aromatic rings. The van der Waals surface area contributed by atoms with Crippen LogP contribution in [0.4, 0.5) is 4.79 Å². The van der Waals surface area contributed by atoms with E-state index in [2.05, 4.69) is 6.07 Å². The molecule has 0 saturated carbocycles. The monoisotopic (exact) mass is 326 g/mol. The second-order valence-corrected chi connectivity index (χ2v) is 7.26. The number of hydrogen-bond donors (Lipinski definition) is 0. The molecule has 1 saturated heterocycles. The summed E-state index contributed by atoms with van der Waals surface area (Å²) in [7, 11) is 0. The molecule has 1 unspecified atom stereocenters. The molecular weight excluding hydrogens is 300 g/mol. The van der Waals surface area contributed by atoms with Crippen molar-refractivity contribution in [1.29, 1.82) is 5.26 Å². The molecule has 0 radical (unpaired) electrons. The van der Waals surface area contributed by atoms with Crippen molar-refractivity contribution in [2.24, 2.45) is 0 Å². The predicted molar refractivity (Wildman–Crippen MR) is 95.2 cm³/mol. The summed E-state index contributed by atoms with van der Waals surface area (Å²) < 4.78 is 5.49. The van der Waals surface area contributed by atoms with E-state index in [4.69, 9.17) is 4.74 Å². The first-order valence-corrected chi connectivity index (χ1v) is 8.44. The standard InChI is InChI=1S/C20H26N2O2/c1-15-14-17(11-13-22(15)19(23)24-20(2,3)4)18(10-12-21)16-8-6-5-7-9-16/h5-9,15H,10-11,13-14H2,1-4H3/b18-17+. The molecule has 1 aliphatic heterocycles. The molecule has 1 aromatic carbocycles. The molecule has 2 rings (SSSR count). The maximum Gasteiger partial charge on any atom is 0.410 e. The molecule has 1 aliphatic rings. The Morgan fingerprint density at radius 3 is 2.54 bits per heavy atom. The zero-order chi connectivity index (χ0) is 17.7. The topological polar surface area (TPSA) is 53.3 Å². The number of benzene rings is 1. The minimum absolute atomic E-state index is 0.0704. The number of ether oxygens (including phenoxy) is 1. The summed E-state index contributed by atoms with van der Waals surface area (Å²) in [6.07, 6.45) is 1.72. The van der Waals surface area contributed by atoms with E-state index in [-0.39, 0.29) is 12.1 Å². The van der Waals surface area contributed by atoms with Crippen LogP contribution in [0.15, 0.2) is 35.9 Å². The Labute approximate surface area is 144 Å². The smallest absolute Gasteiger partial charge is 0.410 e. The van der Waals surface area contributed by atoms with E-state index in [1.807, 2.05) is 58.0 Å². The van der Waals surface area contributed by atoms with Crippen LogP contribution in [-0.4, -0.2) is 29.2 Å². The number of carbonyl (C=O) groups is 1. The highest BCUT2D eigenvalue weighted by atomic mass is 16.6. The van der Waals surface area contributed by atoms with Gasteiger partial charge in [0.25, 0.3) is 0 Å². The Kier molecular flexibility index (Phi) is 5.66. The minimum Gasteiger partial charge on any atom is -0.444 e. The SMILES string of the molecule is CC1C/C(=C(\CC#N)c2ccccc2)CCN1C(=O)OC(C)(C)C. The third kappa shape index (κ3) is 4.61. The Morgan fingerprint density at radius 2 is 2.00 bits per heavy atom. The summed E-state index contributed by atoms with van der Waals surface area (Å²) in [5.74, 6) is 0. The van der Waals surface area contributed by atoms with Crippen LogP contribution >= 0.6 is 0 Å². The number of piperidine rings is 1. The van der Waals surface area contributed by atoms with E-state index in [0.29, 0.717) is 13.0 Å². The van der Waals surface area contributed by atoms with Crippen LogP contribution in [0.1, 0.15) is 52.5 Å². The Bertz CT molecular complexity index is 650. The molecule has 0 N–H and O–H groups in total. The summed E-state index contributed by atoms with van der Waals surface area (Å²) >= 11 is 0. The Morgan fingerprint density at radius 1 is 1.33 bits per heavy atom. The summed E-state index contributed by atoms with van der Waals surface area (Å²) in [6, 6.07) is 12.4. The van der Waals surface area contributed by atoms with Crippen molar-refractivity contribution in [2.75, 3.05) is 6.54 Å². The summed E-state index contributed by atoms with van der Waals surface area (Å²) in [6.45, 7) is 8.31. The lowest BCUT2D eigenvalue weighted by Crippen LogP contribution is -2.45. The molecule has 24 heavy (non-hydrogen) atoms. The normalized spacial score (nSPS) is 20.3. The number of nitriles is 1. The second-order valence-electron chi connectivity index (χ2n) is 7.26. The third-order valence-electron chi connectivity index (χ3n) is 4.16. The quantitative estimate of drug-likeness (QED) is 0.786. The number of rotatable bonds is 2. The summed E-state index contributed by atoms with van der Waals surface area (Å²) in [5.41, 5.74) is 3.00. The largest absolute Gasteiger partial charge is 0.444 e. The van der Waals surface area contributed by atoms with Gasteiger partial charge in [-0.25, -0.2) is 4.79 Å². The molecule has 128 valence electrons. The van der Waals surface area contributed by atoms with Crippen LogP contribution in [-0.2, 0) is 4.74 Å². The van der Waals surface area contributed by atoms with E-state index in [1.54, 1.807) is 4.90 Å². The average molecular weight is 326 g/mol. The molecule has 4 nitrogen and oxygen atoms in total. The highest BCUT2D eigenvalue weighted by molar-refractivity contribution is 5.72. The van der Waals surface area contributed by atoms with Crippen LogP contribution in [0.2, 0.25) is 0 Å². The first-order valence-electron chi connectivity index (χ1n) is 8.44. The first-order chi connectivity index (χ1) is 11.3. The molecule has 0 aliphatic carbocycles. The molecule has 1 amide bonds. The van der Waals surface area contributed by atoms with Crippen molar-refractivity contribution in [3.8, 4) is 6.07 Å². The van der Waals surface area contributed by atoms with Gasteiger partial charge in [0.15, 0.2) is 0 Å². The van der Waals surface area contributed by atoms with Gasteiger partial charge in [-0.3, -0.25) is 0 Å². The van der Waals surface area contributed by atoms with Gasteiger partial charge in [-0.1, -0.05) is 35.9 Å². The lowest BCUT2D eigenvalue weighted by atomic mass is 9.89. The van der Waals surface area contributed by atoms with Crippen molar-refractivity contribution < 1.29 is 9.53 Å². The number of likely N-dealkylation sites (tertiary alicyclic amines) is 1. The predicted octanol–water partition coefficient (Wildman–Crippen LogP) is 4.77. The summed E-state index contributed by atoms with van der Waals surface area (Å²) in [5, 5.41) is 9.19. The van der Waals surface area contributed by atoms with Crippen molar-refractivity contribution in [2.45, 2.75) is 58.6 Å². The minimum atomic E-state index is -0.483. The average Bonchev–Trinajstić information content (AvgIpc) is 2.51. The lowest BCUT2D eigenvalue weighted by Gasteiger charge is -2.36. The Balaban J connectivity index is 2.18. The molecule has 0 spiro atoms. The van der Waals surface area contributed by atoms with Gasteiger partial charge in [0.1, 0.15) is 5.60 Å². The number of hydrogen-bond acceptors (Lipinski definition) is 3. The first kappa shape index (κ1) is 18.1. The van der Waals surface area contributed by atoms with Crippen LogP contribution in [0.3, 0.4) is 0 Å². The van der Waals surface area contributed by atoms with E-state index in [1.165, 1.54) is 5.57 Å². The van der Waals surface area contributed by atoms with Gasteiger partial charge in [-0.05, 0) is 51.7 Å². The molecule has 0 aromatic heterocycles. The molecule has 4 heteroatoms. The fourth-order valence-corrected chi connectivity index (χ4v) is 3.06. The highest BCUT2D eigenvalue weighted by Crippen LogP contribution is 2.32. The zero-order valence-electron chi connectivity index (χ0n) is 15.0.